The number of rotatable bonds is 9. The third-order valence-corrected chi connectivity index (χ3v) is 3.27. The Morgan fingerprint density at radius 3 is 2.76 bits per heavy atom. The van der Waals surface area contributed by atoms with Crippen molar-refractivity contribution >= 4 is 17.3 Å². The van der Waals surface area contributed by atoms with Crippen molar-refractivity contribution in [3.05, 3.63) is 18.2 Å². The number of hydrogen-bond donors (Lipinski definition) is 3. The number of nitrogens with one attached hydrogen (secondary N) is 1. The molecule has 0 fully saturated rings. The molecule has 6 heteroatoms. The van der Waals surface area contributed by atoms with Gasteiger partial charge in [0.05, 0.1) is 25.1 Å². The normalized spacial score (nSPS) is 10.7. The van der Waals surface area contributed by atoms with Crippen LogP contribution in [0.2, 0.25) is 0 Å². The van der Waals surface area contributed by atoms with Gasteiger partial charge in [-0.3, -0.25) is 4.79 Å². The molecular formula is C15H25N3O3. The Morgan fingerprint density at radius 1 is 1.43 bits per heavy atom. The van der Waals surface area contributed by atoms with Gasteiger partial charge in [0.25, 0.3) is 0 Å². The van der Waals surface area contributed by atoms with Crippen LogP contribution < -0.4 is 15.8 Å². The molecule has 0 saturated carbocycles. The summed E-state index contributed by atoms with van der Waals surface area (Å²) in [5, 5.41) is 11.7. The van der Waals surface area contributed by atoms with Crippen LogP contribution >= 0.6 is 0 Å². The zero-order valence-corrected chi connectivity index (χ0v) is 12.8. The van der Waals surface area contributed by atoms with Crippen molar-refractivity contribution in [2.75, 3.05) is 44.4 Å². The van der Waals surface area contributed by atoms with Crippen LogP contribution in [0.4, 0.5) is 11.4 Å². The Kier molecular flexibility index (Phi) is 7.56. The standard InChI is InChI=1S/C15H25N3O3/c1-3-18(9-10-19)8-4-5-15(20)17-14-7-6-12(21-2)11-13(14)16/h6-7,11,19H,3-5,8-10,16H2,1-2H3,(H,17,20). The number of benzene rings is 1. The summed E-state index contributed by atoms with van der Waals surface area (Å²) in [4.78, 5) is 14.0. The van der Waals surface area contributed by atoms with Crippen molar-refractivity contribution in [2.24, 2.45) is 0 Å². The zero-order chi connectivity index (χ0) is 15.7. The first kappa shape index (κ1) is 17.3. The van der Waals surface area contributed by atoms with Gasteiger partial charge in [0.15, 0.2) is 0 Å². The fourth-order valence-electron chi connectivity index (χ4n) is 2.03. The van der Waals surface area contributed by atoms with Crippen molar-refractivity contribution in [2.45, 2.75) is 19.8 Å². The fourth-order valence-corrected chi connectivity index (χ4v) is 2.03. The van der Waals surface area contributed by atoms with E-state index in [1.54, 1.807) is 25.3 Å². The molecule has 21 heavy (non-hydrogen) atoms. The van der Waals surface area contributed by atoms with Gasteiger partial charge in [-0.05, 0) is 31.6 Å². The molecule has 0 atom stereocenters. The lowest BCUT2D eigenvalue weighted by atomic mass is 10.2. The lowest BCUT2D eigenvalue weighted by molar-refractivity contribution is -0.116. The molecule has 0 saturated heterocycles. The first-order valence-electron chi connectivity index (χ1n) is 7.17. The number of carbonyl (C=O) groups is 1. The number of likely N-dealkylation sites (N-methyl/N-ethyl adjacent to an activating group) is 1. The summed E-state index contributed by atoms with van der Waals surface area (Å²) in [6.45, 7) is 4.48. The van der Waals surface area contributed by atoms with Gasteiger partial charge in [-0.15, -0.1) is 0 Å². The van der Waals surface area contributed by atoms with E-state index in [1.165, 1.54) is 0 Å². The maximum absolute atomic E-state index is 11.9. The molecule has 0 spiro atoms. The Labute approximate surface area is 125 Å². The van der Waals surface area contributed by atoms with Crippen LogP contribution in [0.5, 0.6) is 5.75 Å². The number of anilines is 2. The van der Waals surface area contributed by atoms with Crippen molar-refractivity contribution < 1.29 is 14.6 Å². The number of methoxy groups -OCH3 is 1. The summed E-state index contributed by atoms with van der Waals surface area (Å²) in [5.74, 6) is 0.597. The van der Waals surface area contributed by atoms with Gasteiger partial charge in [0.1, 0.15) is 5.75 Å². The van der Waals surface area contributed by atoms with Gasteiger partial charge in [0.2, 0.25) is 5.91 Å². The molecule has 0 aliphatic heterocycles. The minimum absolute atomic E-state index is 0.0630. The molecule has 0 bridgehead atoms. The average molecular weight is 295 g/mol. The minimum atomic E-state index is -0.0630. The zero-order valence-electron chi connectivity index (χ0n) is 12.8. The largest absolute Gasteiger partial charge is 0.497 e. The van der Waals surface area contributed by atoms with Crippen molar-refractivity contribution in [3.63, 3.8) is 0 Å². The highest BCUT2D eigenvalue weighted by atomic mass is 16.5. The molecule has 0 radical (unpaired) electrons. The molecule has 0 aromatic heterocycles. The Bertz CT molecular complexity index is 452. The van der Waals surface area contributed by atoms with E-state index in [1.807, 2.05) is 6.92 Å². The van der Waals surface area contributed by atoms with Crippen LogP contribution in [0.3, 0.4) is 0 Å². The van der Waals surface area contributed by atoms with Crippen LogP contribution in [-0.4, -0.2) is 49.3 Å². The molecule has 1 aromatic rings. The molecule has 0 heterocycles. The SMILES string of the molecule is CCN(CCO)CCCC(=O)Nc1ccc(OC)cc1N. The number of nitrogens with two attached hydrogens (primary N) is 1. The summed E-state index contributed by atoms with van der Waals surface area (Å²) in [5.41, 5.74) is 6.94. The lowest BCUT2D eigenvalue weighted by Crippen LogP contribution is -2.28. The lowest BCUT2D eigenvalue weighted by Gasteiger charge is -2.18. The number of ether oxygens (including phenoxy) is 1. The molecule has 0 unspecified atom stereocenters. The number of carbonyl (C=O) groups excluding carboxylic acids is 1. The van der Waals surface area contributed by atoms with Gasteiger partial charge in [-0.2, -0.15) is 0 Å². The second kappa shape index (κ2) is 9.20. The quantitative estimate of drug-likeness (QED) is 0.598. The van der Waals surface area contributed by atoms with E-state index in [4.69, 9.17) is 15.6 Å². The predicted molar refractivity (Wildman–Crippen MR) is 84.5 cm³/mol. The van der Waals surface area contributed by atoms with E-state index >= 15 is 0 Å². The average Bonchev–Trinajstić information content (AvgIpc) is 2.48. The number of aliphatic hydroxyl groups is 1. The number of nitrogen functional groups attached to an aromatic ring is 1. The first-order valence-corrected chi connectivity index (χ1v) is 7.17. The van der Waals surface area contributed by atoms with E-state index < -0.39 is 0 Å². The van der Waals surface area contributed by atoms with Gasteiger partial charge in [-0.25, -0.2) is 0 Å². The number of hydrogen-bond acceptors (Lipinski definition) is 5. The van der Waals surface area contributed by atoms with Crippen LogP contribution in [0, 0.1) is 0 Å². The Balaban J connectivity index is 2.40. The van der Waals surface area contributed by atoms with E-state index in [2.05, 4.69) is 10.2 Å². The minimum Gasteiger partial charge on any atom is -0.497 e. The summed E-state index contributed by atoms with van der Waals surface area (Å²) >= 11 is 0. The van der Waals surface area contributed by atoms with Crippen LogP contribution in [0.15, 0.2) is 18.2 Å². The van der Waals surface area contributed by atoms with E-state index in [-0.39, 0.29) is 12.5 Å². The highest BCUT2D eigenvalue weighted by Crippen LogP contribution is 2.24. The fraction of sp³-hybridized carbons (Fsp3) is 0.533. The van der Waals surface area contributed by atoms with Crippen molar-refractivity contribution in [1.29, 1.82) is 0 Å². The molecule has 1 rings (SSSR count). The van der Waals surface area contributed by atoms with Crippen LogP contribution in [0.1, 0.15) is 19.8 Å². The highest BCUT2D eigenvalue weighted by Gasteiger charge is 2.08. The maximum atomic E-state index is 11.9. The molecular weight excluding hydrogens is 270 g/mol. The monoisotopic (exact) mass is 295 g/mol. The van der Waals surface area contributed by atoms with Gasteiger partial charge in [0, 0.05) is 19.0 Å². The maximum Gasteiger partial charge on any atom is 0.224 e. The van der Waals surface area contributed by atoms with Gasteiger partial charge >= 0.3 is 0 Å². The topological polar surface area (TPSA) is 87.8 Å². The van der Waals surface area contributed by atoms with Crippen molar-refractivity contribution in [3.8, 4) is 5.75 Å². The second-order valence-electron chi connectivity index (χ2n) is 4.76. The third-order valence-electron chi connectivity index (χ3n) is 3.27. The number of nitrogens with zero attached hydrogens (tertiary/aromatic N) is 1. The first-order chi connectivity index (χ1) is 10.1. The molecule has 0 aliphatic carbocycles. The molecule has 6 nitrogen and oxygen atoms in total. The predicted octanol–water partition coefficient (Wildman–Crippen LogP) is 1.31. The number of amides is 1. The smallest absolute Gasteiger partial charge is 0.224 e. The molecule has 118 valence electrons. The summed E-state index contributed by atoms with van der Waals surface area (Å²) in [7, 11) is 1.57. The second-order valence-corrected chi connectivity index (χ2v) is 4.76. The van der Waals surface area contributed by atoms with Crippen LogP contribution in [0.25, 0.3) is 0 Å². The summed E-state index contributed by atoms with van der Waals surface area (Å²) < 4.78 is 5.06. The third kappa shape index (κ3) is 6.01. The van der Waals surface area contributed by atoms with Gasteiger partial charge in [-0.1, -0.05) is 6.92 Å². The van der Waals surface area contributed by atoms with Crippen molar-refractivity contribution in [1.82, 2.24) is 4.90 Å². The molecule has 1 aromatic carbocycles. The molecule has 1 amide bonds. The van der Waals surface area contributed by atoms with E-state index in [9.17, 15) is 4.79 Å². The highest BCUT2D eigenvalue weighted by molar-refractivity contribution is 5.93. The Morgan fingerprint density at radius 2 is 2.19 bits per heavy atom. The van der Waals surface area contributed by atoms with E-state index in [0.717, 1.165) is 19.5 Å². The number of aliphatic hydroxyl groups excluding tert-OH is 1. The van der Waals surface area contributed by atoms with Gasteiger partial charge < -0.3 is 25.8 Å². The molecule has 4 N–H and O–H groups in total. The van der Waals surface area contributed by atoms with Crippen LogP contribution in [-0.2, 0) is 4.79 Å². The molecule has 0 aliphatic rings. The Hall–Kier alpha value is -1.79. The van der Waals surface area contributed by atoms with E-state index in [0.29, 0.717) is 30.1 Å². The summed E-state index contributed by atoms with van der Waals surface area (Å²) in [6.07, 6.45) is 1.17. The summed E-state index contributed by atoms with van der Waals surface area (Å²) in [6, 6.07) is 5.16.